The number of aromatic nitrogens is 3. The number of alkyl halides is 3. The molecule has 0 atom stereocenters. The lowest BCUT2D eigenvalue weighted by atomic mass is 10.1. The Morgan fingerprint density at radius 1 is 1.10 bits per heavy atom. The molecule has 1 amide bonds. The minimum atomic E-state index is -5.08. The highest BCUT2D eigenvalue weighted by Crippen LogP contribution is 2.31. The third kappa shape index (κ3) is 7.59. The first-order chi connectivity index (χ1) is 18.8. The highest BCUT2D eigenvalue weighted by molar-refractivity contribution is 7.18. The van der Waals surface area contributed by atoms with Gasteiger partial charge in [-0.1, -0.05) is 17.4 Å². The average molecular weight is 587 g/mol. The molecule has 0 saturated carbocycles. The van der Waals surface area contributed by atoms with E-state index in [1.54, 1.807) is 35.2 Å². The van der Waals surface area contributed by atoms with Gasteiger partial charge in [0.2, 0.25) is 5.78 Å². The number of hydrogen-bond acceptors (Lipinski definition) is 8. The molecule has 2 aromatic carbocycles. The molecule has 0 fully saturated rings. The fraction of sp³-hybridized carbons (Fsp3) is 0.125. The molecular weight excluding hydrogens is 563 g/mol. The van der Waals surface area contributed by atoms with Crippen molar-refractivity contribution in [3.05, 3.63) is 88.3 Å². The molecular formula is C24H23F5N6O4S. The third-order valence-corrected chi connectivity index (χ3v) is 5.86. The number of thiazole rings is 1. The van der Waals surface area contributed by atoms with Crippen LogP contribution in [-0.4, -0.2) is 43.5 Å². The highest BCUT2D eigenvalue weighted by atomic mass is 32.1. The van der Waals surface area contributed by atoms with Crippen molar-refractivity contribution >= 4 is 45.6 Å². The molecule has 5 N–H and O–H groups in total. The van der Waals surface area contributed by atoms with Crippen LogP contribution in [-0.2, 0) is 18.4 Å². The van der Waals surface area contributed by atoms with Gasteiger partial charge in [0.25, 0.3) is 5.91 Å². The number of rotatable bonds is 7. The lowest BCUT2D eigenvalue weighted by Gasteiger charge is -2.06. The maximum atomic E-state index is 14.0. The number of carboxylic acids is 1. The molecule has 0 saturated heterocycles. The van der Waals surface area contributed by atoms with E-state index in [-0.39, 0.29) is 24.6 Å². The fourth-order valence-electron chi connectivity index (χ4n) is 3.04. The van der Waals surface area contributed by atoms with Gasteiger partial charge >= 0.3 is 12.1 Å². The van der Waals surface area contributed by atoms with Crippen LogP contribution in [0.3, 0.4) is 0 Å². The number of nitrogens with two attached hydrogens (primary N) is 1. The van der Waals surface area contributed by atoms with Gasteiger partial charge in [-0.25, -0.2) is 23.5 Å². The number of benzene rings is 2. The van der Waals surface area contributed by atoms with Crippen molar-refractivity contribution < 1.29 is 44.3 Å². The number of halogens is 5. The maximum absolute atomic E-state index is 14.0. The van der Waals surface area contributed by atoms with Gasteiger partial charge in [-0.15, -0.1) is 0 Å². The first-order valence-electron chi connectivity index (χ1n) is 10.9. The van der Waals surface area contributed by atoms with Gasteiger partial charge in [-0.3, -0.25) is 9.59 Å². The second-order valence-electron chi connectivity index (χ2n) is 7.88. The number of imidazole rings is 1. The number of nitrogens with one attached hydrogen (secondary N) is 2. The number of nitrogens with zero attached hydrogens (tertiary/aromatic N) is 3. The monoisotopic (exact) mass is 586 g/mol. The topological polar surface area (TPSA) is 152 Å². The molecule has 0 bridgehead atoms. The van der Waals surface area contributed by atoms with Crippen LogP contribution in [0.25, 0.3) is 0 Å². The zero-order chi connectivity index (χ0) is 29.6. The Morgan fingerprint density at radius 2 is 1.70 bits per heavy atom. The zero-order valence-electron chi connectivity index (χ0n) is 20.3. The van der Waals surface area contributed by atoms with Gasteiger partial charge in [-0.05, 0) is 36.4 Å². The van der Waals surface area contributed by atoms with Crippen molar-refractivity contribution in [2.24, 2.45) is 7.05 Å². The molecule has 2 heterocycles. The predicted octanol–water partition coefficient (Wildman–Crippen LogP) is 4.77. The van der Waals surface area contributed by atoms with Gasteiger partial charge < -0.3 is 26.0 Å². The molecule has 16 heteroatoms. The first-order valence-corrected chi connectivity index (χ1v) is 11.7. The molecule has 10 nitrogen and oxygen atoms in total. The summed E-state index contributed by atoms with van der Waals surface area (Å²) in [4.78, 5) is 41.9. The Kier molecular flexibility index (Phi) is 9.15. The van der Waals surface area contributed by atoms with Gasteiger partial charge in [0.15, 0.2) is 5.13 Å². The van der Waals surface area contributed by atoms with E-state index in [4.69, 9.17) is 15.6 Å². The van der Waals surface area contributed by atoms with E-state index in [1.807, 2.05) is 13.2 Å². The molecule has 0 aliphatic rings. The van der Waals surface area contributed by atoms with E-state index in [2.05, 4.69) is 20.6 Å². The van der Waals surface area contributed by atoms with Crippen molar-refractivity contribution in [1.82, 2.24) is 19.9 Å². The Labute approximate surface area is 229 Å². The number of amides is 1. The van der Waals surface area contributed by atoms with Crippen molar-refractivity contribution in [2.45, 2.75) is 12.7 Å². The summed E-state index contributed by atoms with van der Waals surface area (Å²) in [5.41, 5.74) is 6.91. The van der Waals surface area contributed by atoms with Crippen LogP contribution in [0.5, 0.6) is 0 Å². The van der Waals surface area contributed by atoms with Crippen molar-refractivity contribution in [3.63, 3.8) is 0 Å². The first kappa shape index (κ1) is 29.7. The predicted molar refractivity (Wildman–Crippen MR) is 138 cm³/mol. The lowest BCUT2D eigenvalue weighted by molar-refractivity contribution is -0.192. The number of aliphatic carboxylic acids is 1. The molecule has 0 unspecified atom stereocenters. The van der Waals surface area contributed by atoms with Crippen LogP contribution in [0.4, 0.5) is 38.6 Å². The van der Waals surface area contributed by atoms with Crippen LogP contribution >= 0.6 is 11.3 Å². The van der Waals surface area contributed by atoms with Crippen LogP contribution in [0.1, 0.15) is 34.1 Å². The number of carbonyl (C=O) groups is 3. The summed E-state index contributed by atoms with van der Waals surface area (Å²) in [6.45, 7) is 0.303. The summed E-state index contributed by atoms with van der Waals surface area (Å²) in [5, 5.41) is 13.1. The fourth-order valence-corrected chi connectivity index (χ4v) is 3.89. The lowest BCUT2D eigenvalue weighted by Crippen LogP contribution is -2.22. The number of nitrogen functional groups attached to an aromatic ring is 1. The van der Waals surface area contributed by atoms with E-state index < -0.39 is 35.1 Å². The second kappa shape index (κ2) is 12.3. The third-order valence-electron chi connectivity index (χ3n) is 4.88. The Balaban J connectivity index is 0.000000876. The molecule has 0 radical (unpaired) electrons. The largest absolute Gasteiger partial charge is 0.490 e. The summed E-state index contributed by atoms with van der Waals surface area (Å²) in [7, 11) is 1.84. The molecule has 0 aliphatic heterocycles. The van der Waals surface area contributed by atoms with Gasteiger partial charge in [0.1, 0.15) is 22.3 Å². The van der Waals surface area contributed by atoms with E-state index in [0.717, 1.165) is 29.2 Å². The quantitative estimate of drug-likeness (QED) is 0.179. The molecule has 0 spiro atoms. The van der Waals surface area contributed by atoms with Gasteiger partial charge in [-0.2, -0.15) is 13.2 Å². The van der Waals surface area contributed by atoms with E-state index in [9.17, 15) is 31.5 Å². The Morgan fingerprint density at radius 3 is 2.23 bits per heavy atom. The summed E-state index contributed by atoms with van der Waals surface area (Å²) < 4.78 is 61.4. The number of ketones is 1. The molecule has 40 heavy (non-hydrogen) atoms. The van der Waals surface area contributed by atoms with Gasteiger partial charge in [0, 0.05) is 27.3 Å². The van der Waals surface area contributed by atoms with Crippen molar-refractivity contribution in [3.8, 4) is 0 Å². The minimum Gasteiger partial charge on any atom is -0.475 e. The standard InChI is InChI=1S/C22H18F2N6O2S.C2HF3O2.2H2/c1-30-10-14(27-11-30)9-26-21(32)12-5-7-13(8-6-12)28-22-29-20(25)19(33-22)18(31)17-15(23)3-2-4-16(17)24;3-2(4,5)1(6)7;;/h2-8,10-11H,9,25H2,1H3,(H,26,32)(H,28,29);(H,6,7);2*1H. The van der Waals surface area contributed by atoms with Crippen molar-refractivity contribution in [2.75, 3.05) is 11.1 Å². The molecule has 2 aromatic heterocycles. The normalized spacial score (nSPS) is 10.8. The van der Waals surface area contributed by atoms with Crippen LogP contribution in [0, 0.1) is 11.6 Å². The Hall–Kier alpha value is -4.86. The number of carboxylic acid groups (broad SMARTS) is 1. The van der Waals surface area contributed by atoms with Crippen molar-refractivity contribution in [1.29, 1.82) is 0 Å². The molecule has 4 aromatic rings. The summed E-state index contributed by atoms with van der Waals surface area (Å²) in [6, 6.07) is 9.73. The number of aryl methyl sites for hydroxylation is 1. The SMILES string of the molecule is Cn1cnc(CNC(=O)c2ccc(Nc3nc(N)c(C(=O)c4c(F)cccc4F)s3)cc2)c1.O=C(O)C(F)(F)F.[HH].[HH]. The van der Waals surface area contributed by atoms with Gasteiger partial charge in [0.05, 0.1) is 24.1 Å². The number of carbonyl (C=O) groups excluding carboxylic acids is 2. The van der Waals surface area contributed by atoms with E-state index in [1.165, 1.54) is 6.07 Å². The second-order valence-corrected chi connectivity index (χ2v) is 8.88. The molecule has 214 valence electrons. The van der Waals surface area contributed by atoms with Crippen LogP contribution < -0.4 is 16.4 Å². The molecule has 4 rings (SSSR count). The zero-order valence-corrected chi connectivity index (χ0v) is 21.1. The minimum absolute atomic E-state index is 0. The average Bonchev–Trinajstić information content (AvgIpc) is 3.47. The maximum Gasteiger partial charge on any atom is 0.490 e. The number of anilines is 3. The molecule has 0 aliphatic carbocycles. The highest BCUT2D eigenvalue weighted by Gasteiger charge is 2.38. The Bertz CT molecular complexity index is 1530. The number of hydrogen-bond donors (Lipinski definition) is 4. The van der Waals surface area contributed by atoms with Crippen LogP contribution in [0.2, 0.25) is 0 Å². The van der Waals surface area contributed by atoms with E-state index in [0.29, 0.717) is 17.8 Å². The summed E-state index contributed by atoms with van der Waals surface area (Å²) in [6.07, 6.45) is -1.62. The summed E-state index contributed by atoms with van der Waals surface area (Å²) in [5.74, 6) is -5.98. The van der Waals surface area contributed by atoms with E-state index >= 15 is 0 Å². The summed E-state index contributed by atoms with van der Waals surface area (Å²) >= 11 is 0.875. The smallest absolute Gasteiger partial charge is 0.475 e. The van der Waals surface area contributed by atoms with Crippen LogP contribution in [0.15, 0.2) is 55.0 Å².